The summed E-state index contributed by atoms with van der Waals surface area (Å²) in [5, 5.41) is 2.83. The predicted octanol–water partition coefficient (Wildman–Crippen LogP) is 2.54. The Labute approximate surface area is 154 Å². The van der Waals surface area contributed by atoms with Gasteiger partial charge in [0, 0.05) is 40.5 Å². The lowest BCUT2D eigenvalue weighted by Crippen LogP contribution is -2.26. The second-order valence-corrected chi connectivity index (χ2v) is 7.52. The predicted molar refractivity (Wildman–Crippen MR) is 96.9 cm³/mol. The molecule has 2 aromatic carbocycles. The van der Waals surface area contributed by atoms with Crippen molar-refractivity contribution >= 4 is 16.7 Å². The van der Waals surface area contributed by atoms with Crippen LogP contribution in [0.1, 0.15) is 27.0 Å². The van der Waals surface area contributed by atoms with Crippen LogP contribution in [-0.2, 0) is 34.3 Å². The van der Waals surface area contributed by atoms with E-state index < -0.39 is 10.8 Å². The summed E-state index contributed by atoms with van der Waals surface area (Å²) in [5.74, 6) is 0.484. The fourth-order valence-corrected chi connectivity index (χ4v) is 3.54. The summed E-state index contributed by atoms with van der Waals surface area (Å²) < 4.78 is 35.7. The number of halogens is 1. The summed E-state index contributed by atoms with van der Waals surface area (Å²) in [6.07, 6.45) is 2.07. The minimum Gasteiger partial charge on any atom is -0.467 e. The van der Waals surface area contributed by atoms with E-state index in [1.54, 1.807) is 24.5 Å². The molecule has 138 valence electrons. The summed E-state index contributed by atoms with van der Waals surface area (Å²) in [4.78, 5) is 12.3. The van der Waals surface area contributed by atoms with E-state index in [4.69, 9.17) is 9.47 Å². The molecule has 1 amide bonds. The molecular formula is C19H20FNO4S. The van der Waals surface area contributed by atoms with Crippen LogP contribution in [0.25, 0.3) is 0 Å². The summed E-state index contributed by atoms with van der Waals surface area (Å²) in [7, 11) is -0.963. The number of carbonyl (C=O) groups is 1. The van der Waals surface area contributed by atoms with Crippen molar-refractivity contribution in [3.63, 3.8) is 0 Å². The monoisotopic (exact) mass is 377 g/mol. The van der Waals surface area contributed by atoms with E-state index >= 15 is 0 Å². The molecule has 1 aliphatic rings. The highest BCUT2D eigenvalue weighted by Crippen LogP contribution is 2.29. The molecule has 0 bridgehead atoms. The second kappa shape index (κ2) is 8.42. The van der Waals surface area contributed by atoms with Gasteiger partial charge in [0.2, 0.25) is 0 Å². The van der Waals surface area contributed by atoms with E-state index in [2.05, 4.69) is 5.32 Å². The van der Waals surface area contributed by atoms with E-state index in [1.165, 1.54) is 12.1 Å². The van der Waals surface area contributed by atoms with Crippen LogP contribution in [0.15, 0.2) is 36.4 Å². The first-order chi connectivity index (χ1) is 12.5. The maximum atomic E-state index is 13.7. The van der Waals surface area contributed by atoms with E-state index in [-0.39, 0.29) is 18.5 Å². The Kier molecular flexibility index (Phi) is 6.00. The molecule has 0 radical (unpaired) electrons. The van der Waals surface area contributed by atoms with E-state index in [0.29, 0.717) is 47.8 Å². The van der Waals surface area contributed by atoms with Crippen LogP contribution in [0.5, 0.6) is 5.75 Å². The molecule has 0 spiro atoms. The van der Waals surface area contributed by atoms with Crippen molar-refractivity contribution in [1.29, 1.82) is 0 Å². The highest BCUT2D eigenvalue weighted by molar-refractivity contribution is 7.83. The lowest BCUT2D eigenvalue weighted by Gasteiger charge is -2.21. The molecule has 0 aromatic heterocycles. The molecule has 3 rings (SSSR count). The van der Waals surface area contributed by atoms with E-state index in [0.717, 1.165) is 5.56 Å². The zero-order chi connectivity index (χ0) is 18.5. The lowest BCUT2D eigenvalue weighted by atomic mass is 10.1. The number of nitrogens with one attached hydrogen (secondary N) is 1. The van der Waals surface area contributed by atoms with Gasteiger partial charge in [-0.1, -0.05) is 12.1 Å². The van der Waals surface area contributed by atoms with E-state index in [9.17, 15) is 13.4 Å². The number of hydrogen-bond acceptors (Lipinski definition) is 4. The van der Waals surface area contributed by atoms with Gasteiger partial charge in [0.25, 0.3) is 5.91 Å². The van der Waals surface area contributed by atoms with Crippen LogP contribution >= 0.6 is 0 Å². The molecular weight excluding hydrogens is 357 g/mol. The fraction of sp³-hybridized carbons (Fsp3) is 0.316. The largest absolute Gasteiger partial charge is 0.467 e. The number of rotatable bonds is 6. The van der Waals surface area contributed by atoms with Gasteiger partial charge < -0.3 is 14.8 Å². The van der Waals surface area contributed by atoms with Crippen LogP contribution in [-0.4, -0.2) is 29.7 Å². The number of hydrogen-bond donors (Lipinski definition) is 1. The molecule has 1 N–H and O–H groups in total. The second-order valence-electron chi connectivity index (χ2n) is 6.09. The van der Waals surface area contributed by atoms with Gasteiger partial charge in [-0.25, -0.2) is 4.39 Å². The Hall–Kier alpha value is -2.25. The molecule has 2 aromatic rings. The third-order valence-electron chi connectivity index (χ3n) is 3.99. The Balaban J connectivity index is 1.62. The van der Waals surface area contributed by atoms with Gasteiger partial charge in [0.05, 0.1) is 6.61 Å². The van der Waals surface area contributed by atoms with Crippen LogP contribution in [0.4, 0.5) is 4.39 Å². The van der Waals surface area contributed by atoms with E-state index in [1.807, 2.05) is 6.07 Å². The Morgan fingerprint density at radius 2 is 2.15 bits per heavy atom. The van der Waals surface area contributed by atoms with Crippen molar-refractivity contribution in [2.75, 3.05) is 19.6 Å². The standard InChI is InChI=1S/C19H20FNO4S/c1-26(23)11-13-3-2-4-15(7-13)19(22)21-6-5-14-8-17(20)9-16-10-24-12-25-18(14)16/h2-4,7-9H,5-6,10-12H2,1H3,(H,21,22). The first-order valence-electron chi connectivity index (χ1n) is 8.22. The quantitative estimate of drug-likeness (QED) is 0.840. The number of benzene rings is 2. The SMILES string of the molecule is CS(=O)Cc1cccc(C(=O)NCCc2cc(F)cc3c2OCOC3)c1. The molecule has 0 saturated carbocycles. The van der Waals surface area contributed by atoms with Gasteiger partial charge >= 0.3 is 0 Å². The minimum atomic E-state index is -0.963. The molecule has 1 atom stereocenters. The highest BCUT2D eigenvalue weighted by atomic mass is 32.2. The normalized spacial score (nSPS) is 14.2. The summed E-state index contributed by atoms with van der Waals surface area (Å²) in [6, 6.07) is 9.89. The molecule has 1 aliphatic heterocycles. The Morgan fingerprint density at radius 1 is 1.31 bits per heavy atom. The van der Waals surface area contributed by atoms with Gasteiger partial charge in [0.15, 0.2) is 6.79 Å². The van der Waals surface area contributed by atoms with Gasteiger partial charge in [-0.15, -0.1) is 0 Å². The van der Waals surface area contributed by atoms with Gasteiger partial charge in [0.1, 0.15) is 11.6 Å². The average Bonchev–Trinajstić information content (AvgIpc) is 2.61. The summed E-state index contributed by atoms with van der Waals surface area (Å²) in [6.45, 7) is 0.810. The smallest absolute Gasteiger partial charge is 0.251 e. The lowest BCUT2D eigenvalue weighted by molar-refractivity contribution is -0.0172. The first kappa shape index (κ1) is 18.5. The van der Waals surface area contributed by atoms with Gasteiger partial charge in [-0.05, 0) is 41.8 Å². The van der Waals surface area contributed by atoms with Crippen molar-refractivity contribution in [3.8, 4) is 5.75 Å². The maximum Gasteiger partial charge on any atom is 0.251 e. The van der Waals surface area contributed by atoms with Crippen LogP contribution in [0.2, 0.25) is 0 Å². The van der Waals surface area contributed by atoms with Crippen molar-refractivity contribution in [2.45, 2.75) is 18.8 Å². The van der Waals surface area contributed by atoms with Crippen molar-refractivity contribution in [1.82, 2.24) is 5.32 Å². The topological polar surface area (TPSA) is 64.6 Å². The third-order valence-corrected chi connectivity index (χ3v) is 4.73. The fourth-order valence-electron chi connectivity index (χ4n) is 2.89. The molecule has 0 saturated heterocycles. The van der Waals surface area contributed by atoms with Crippen molar-refractivity contribution in [2.24, 2.45) is 0 Å². The Morgan fingerprint density at radius 3 is 2.96 bits per heavy atom. The minimum absolute atomic E-state index is 0.142. The molecule has 1 heterocycles. The molecule has 26 heavy (non-hydrogen) atoms. The Bertz CT molecular complexity index is 840. The van der Waals surface area contributed by atoms with Crippen LogP contribution in [0.3, 0.4) is 0 Å². The third kappa shape index (κ3) is 4.68. The molecule has 0 fully saturated rings. The van der Waals surface area contributed by atoms with Crippen molar-refractivity contribution < 1.29 is 22.9 Å². The zero-order valence-electron chi connectivity index (χ0n) is 14.4. The number of amides is 1. The summed E-state index contributed by atoms with van der Waals surface area (Å²) >= 11 is 0. The molecule has 0 aliphatic carbocycles. The maximum absolute atomic E-state index is 13.7. The number of fused-ring (bicyclic) bond motifs is 1. The average molecular weight is 377 g/mol. The summed E-state index contributed by atoms with van der Waals surface area (Å²) in [5.41, 5.74) is 2.75. The first-order valence-corrected chi connectivity index (χ1v) is 9.94. The van der Waals surface area contributed by atoms with Gasteiger partial charge in [-0.2, -0.15) is 0 Å². The van der Waals surface area contributed by atoms with Crippen molar-refractivity contribution in [3.05, 3.63) is 64.5 Å². The van der Waals surface area contributed by atoms with Crippen LogP contribution < -0.4 is 10.1 Å². The molecule has 7 heteroatoms. The van der Waals surface area contributed by atoms with Gasteiger partial charge in [-0.3, -0.25) is 9.00 Å². The zero-order valence-corrected chi connectivity index (χ0v) is 15.2. The number of carbonyl (C=O) groups excluding carboxylic acids is 1. The molecule has 5 nitrogen and oxygen atoms in total. The number of ether oxygens (including phenoxy) is 2. The van der Waals surface area contributed by atoms with Crippen LogP contribution in [0, 0.1) is 5.82 Å². The molecule has 1 unspecified atom stereocenters. The highest BCUT2D eigenvalue weighted by Gasteiger charge is 2.17.